The zero-order valence-corrected chi connectivity index (χ0v) is 10.5. The molecular formula is C12H19NO3. The fourth-order valence-electron chi connectivity index (χ4n) is 1.11. The molecule has 0 aliphatic heterocycles. The molecule has 1 heterocycles. The first-order chi connectivity index (χ1) is 7.47. The second-order valence-electron chi connectivity index (χ2n) is 3.53. The van der Waals surface area contributed by atoms with E-state index < -0.39 is 5.97 Å². The fourth-order valence-corrected chi connectivity index (χ4v) is 1.11. The zero-order chi connectivity index (χ0) is 12.7. The minimum Gasteiger partial charge on any atom is -0.465 e. The van der Waals surface area contributed by atoms with E-state index in [1.807, 2.05) is 0 Å². The third-order valence-electron chi connectivity index (χ3n) is 1.78. The molecule has 0 fully saturated rings. The van der Waals surface area contributed by atoms with Gasteiger partial charge in [-0.05, 0) is 13.0 Å². The standard InChI is InChI=1S/C9H11NO3.C3H8/c1-6-4-7(9(12)13-3)5-10(2)8(6)11;1-3-2/h4-5H,1-3H3;3H2,1-2H3. The van der Waals surface area contributed by atoms with Crippen molar-refractivity contribution in [2.45, 2.75) is 27.2 Å². The van der Waals surface area contributed by atoms with Gasteiger partial charge in [0.2, 0.25) is 0 Å². The van der Waals surface area contributed by atoms with Crippen molar-refractivity contribution in [2.75, 3.05) is 7.11 Å². The van der Waals surface area contributed by atoms with Crippen LogP contribution >= 0.6 is 0 Å². The maximum atomic E-state index is 11.2. The summed E-state index contributed by atoms with van der Waals surface area (Å²) in [4.78, 5) is 22.3. The SMILES string of the molecule is CCC.COC(=O)c1cc(C)c(=O)n(C)c1. The second-order valence-corrected chi connectivity index (χ2v) is 3.53. The number of carbonyl (C=O) groups is 1. The Kier molecular flexibility index (Phi) is 6.15. The Bertz CT molecular complexity index is 381. The van der Waals surface area contributed by atoms with Crippen LogP contribution in [0.3, 0.4) is 0 Å². The zero-order valence-electron chi connectivity index (χ0n) is 10.5. The molecule has 1 rings (SSSR count). The van der Waals surface area contributed by atoms with Crippen molar-refractivity contribution in [1.29, 1.82) is 0 Å². The van der Waals surface area contributed by atoms with E-state index in [0.29, 0.717) is 11.1 Å². The Balaban J connectivity index is 0.000000673. The second kappa shape index (κ2) is 6.82. The van der Waals surface area contributed by atoms with Crippen molar-refractivity contribution in [3.63, 3.8) is 0 Å². The van der Waals surface area contributed by atoms with Gasteiger partial charge in [0, 0.05) is 18.8 Å². The average molecular weight is 225 g/mol. The molecule has 4 heteroatoms. The summed E-state index contributed by atoms with van der Waals surface area (Å²) < 4.78 is 5.89. The van der Waals surface area contributed by atoms with Crippen molar-refractivity contribution in [2.24, 2.45) is 7.05 Å². The largest absolute Gasteiger partial charge is 0.465 e. The van der Waals surface area contributed by atoms with E-state index in [9.17, 15) is 9.59 Å². The van der Waals surface area contributed by atoms with Gasteiger partial charge in [0.15, 0.2) is 0 Å². The van der Waals surface area contributed by atoms with Gasteiger partial charge in [-0.2, -0.15) is 0 Å². The molecule has 16 heavy (non-hydrogen) atoms. The highest BCUT2D eigenvalue weighted by molar-refractivity contribution is 5.89. The van der Waals surface area contributed by atoms with Gasteiger partial charge in [0.1, 0.15) is 0 Å². The van der Waals surface area contributed by atoms with Gasteiger partial charge in [0.25, 0.3) is 5.56 Å². The summed E-state index contributed by atoms with van der Waals surface area (Å²) in [5, 5.41) is 0. The monoisotopic (exact) mass is 225 g/mol. The smallest absolute Gasteiger partial charge is 0.339 e. The lowest BCUT2D eigenvalue weighted by molar-refractivity contribution is 0.0599. The van der Waals surface area contributed by atoms with Crippen LogP contribution in [-0.4, -0.2) is 17.6 Å². The minimum atomic E-state index is -0.432. The number of carbonyl (C=O) groups excluding carboxylic acids is 1. The number of hydrogen-bond donors (Lipinski definition) is 0. The molecule has 0 unspecified atom stereocenters. The third kappa shape index (κ3) is 3.88. The predicted molar refractivity (Wildman–Crippen MR) is 63.7 cm³/mol. The minimum absolute atomic E-state index is 0.104. The summed E-state index contributed by atoms with van der Waals surface area (Å²) in [5.74, 6) is -0.432. The molecule has 0 N–H and O–H groups in total. The molecule has 0 spiro atoms. The predicted octanol–water partition coefficient (Wildman–Crippen LogP) is 1.90. The van der Waals surface area contributed by atoms with Crippen molar-refractivity contribution in [3.8, 4) is 0 Å². The molecular weight excluding hydrogens is 206 g/mol. The van der Waals surface area contributed by atoms with Crippen molar-refractivity contribution in [3.05, 3.63) is 33.7 Å². The Morgan fingerprint density at radius 3 is 2.31 bits per heavy atom. The highest BCUT2D eigenvalue weighted by Gasteiger charge is 2.07. The molecule has 0 bridgehead atoms. The van der Waals surface area contributed by atoms with E-state index in [2.05, 4.69) is 18.6 Å². The number of aromatic nitrogens is 1. The number of esters is 1. The lowest BCUT2D eigenvalue weighted by atomic mass is 10.2. The van der Waals surface area contributed by atoms with Crippen LogP contribution < -0.4 is 5.56 Å². The van der Waals surface area contributed by atoms with Crippen LogP contribution in [0.2, 0.25) is 0 Å². The number of hydrogen-bond acceptors (Lipinski definition) is 3. The van der Waals surface area contributed by atoms with Crippen LogP contribution in [0.1, 0.15) is 36.2 Å². The molecule has 0 saturated heterocycles. The van der Waals surface area contributed by atoms with Gasteiger partial charge in [0.05, 0.1) is 12.7 Å². The van der Waals surface area contributed by atoms with Crippen LogP contribution in [0.25, 0.3) is 0 Å². The first kappa shape index (κ1) is 14.4. The van der Waals surface area contributed by atoms with Crippen LogP contribution in [0, 0.1) is 6.92 Å². The molecule has 4 nitrogen and oxygen atoms in total. The molecule has 0 aliphatic rings. The van der Waals surface area contributed by atoms with E-state index in [-0.39, 0.29) is 5.56 Å². The molecule has 1 aromatic heterocycles. The van der Waals surface area contributed by atoms with Gasteiger partial charge in [-0.1, -0.05) is 20.3 Å². The summed E-state index contributed by atoms with van der Waals surface area (Å²) in [6, 6.07) is 1.52. The number of methoxy groups -OCH3 is 1. The number of aryl methyl sites for hydroxylation is 2. The van der Waals surface area contributed by atoms with Gasteiger partial charge >= 0.3 is 5.97 Å². The molecule has 0 aliphatic carbocycles. The highest BCUT2D eigenvalue weighted by atomic mass is 16.5. The molecule has 0 aromatic carbocycles. The van der Waals surface area contributed by atoms with Gasteiger partial charge in [-0.25, -0.2) is 4.79 Å². The van der Waals surface area contributed by atoms with E-state index in [1.54, 1.807) is 14.0 Å². The summed E-state index contributed by atoms with van der Waals surface area (Å²) >= 11 is 0. The molecule has 90 valence electrons. The number of rotatable bonds is 1. The summed E-state index contributed by atoms with van der Waals surface area (Å²) in [7, 11) is 2.91. The van der Waals surface area contributed by atoms with E-state index in [4.69, 9.17) is 0 Å². The fraction of sp³-hybridized carbons (Fsp3) is 0.500. The van der Waals surface area contributed by atoms with Crippen molar-refractivity contribution in [1.82, 2.24) is 4.57 Å². The Morgan fingerprint density at radius 1 is 1.44 bits per heavy atom. The summed E-state index contributed by atoms with van der Waals surface area (Å²) in [6.07, 6.45) is 2.71. The van der Waals surface area contributed by atoms with Crippen molar-refractivity contribution < 1.29 is 9.53 Å². The molecule has 0 saturated carbocycles. The highest BCUT2D eigenvalue weighted by Crippen LogP contribution is 2.00. The molecule has 0 atom stereocenters. The van der Waals surface area contributed by atoms with E-state index in [0.717, 1.165) is 0 Å². The van der Waals surface area contributed by atoms with E-state index >= 15 is 0 Å². The first-order valence-corrected chi connectivity index (χ1v) is 5.23. The first-order valence-electron chi connectivity index (χ1n) is 5.23. The number of ether oxygens (including phenoxy) is 1. The average Bonchev–Trinajstić information content (AvgIpc) is 2.25. The topological polar surface area (TPSA) is 48.3 Å². The van der Waals surface area contributed by atoms with Gasteiger partial charge in [-0.3, -0.25) is 4.79 Å². The maximum absolute atomic E-state index is 11.2. The Morgan fingerprint density at radius 2 is 1.94 bits per heavy atom. The molecule has 1 aromatic rings. The van der Waals surface area contributed by atoms with Crippen molar-refractivity contribution >= 4 is 5.97 Å². The maximum Gasteiger partial charge on any atom is 0.339 e. The van der Waals surface area contributed by atoms with Crippen LogP contribution in [0.5, 0.6) is 0 Å². The van der Waals surface area contributed by atoms with Gasteiger partial charge < -0.3 is 9.30 Å². The quantitative estimate of drug-likeness (QED) is 0.686. The lowest BCUT2D eigenvalue weighted by Gasteiger charge is -2.03. The van der Waals surface area contributed by atoms with E-state index in [1.165, 1.54) is 30.4 Å². The van der Waals surface area contributed by atoms with Gasteiger partial charge in [-0.15, -0.1) is 0 Å². The van der Waals surface area contributed by atoms with Crippen LogP contribution in [0.4, 0.5) is 0 Å². The van der Waals surface area contributed by atoms with Crippen LogP contribution in [-0.2, 0) is 11.8 Å². The summed E-state index contributed by atoms with van der Waals surface area (Å²) in [5.41, 5.74) is 0.820. The molecule has 0 amide bonds. The number of nitrogens with zero attached hydrogens (tertiary/aromatic N) is 1. The number of pyridine rings is 1. The third-order valence-corrected chi connectivity index (χ3v) is 1.78. The molecule has 0 radical (unpaired) electrons. The summed E-state index contributed by atoms with van der Waals surface area (Å²) in [6.45, 7) is 5.91. The Labute approximate surface area is 95.9 Å². The van der Waals surface area contributed by atoms with Crippen LogP contribution in [0.15, 0.2) is 17.1 Å². The normalized spacial score (nSPS) is 9.06. The Hall–Kier alpha value is -1.58. The lowest BCUT2D eigenvalue weighted by Crippen LogP contribution is -2.20.